The number of benzene rings is 7. The van der Waals surface area contributed by atoms with Crippen molar-refractivity contribution in [3.05, 3.63) is 118 Å². The number of hydrogen-bond acceptors (Lipinski definition) is 6. The van der Waals surface area contributed by atoms with Gasteiger partial charge in [-0.15, -0.1) is 0 Å². The van der Waals surface area contributed by atoms with E-state index in [-0.39, 0.29) is 57.4 Å². The lowest BCUT2D eigenvalue weighted by atomic mass is 9.72. The molecule has 0 radical (unpaired) electrons. The number of rotatable bonds is 10. The molecular formula is C64H70N2O6. The van der Waals surface area contributed by atoms with Crippen LogP contribution in [0.1, 0.15) is 199 Å². The average molecular weight is 963 g/mol. The molecule has 2 fully saturated rings. The lowest BCUT2D eigenvalue weighted by Crippen LogP contribution is -2.48. The summed E-state index contributed by atoms with van der Waals surface area (Å²) >= 11 is 0. The van der Waals surface area contributed by atoms with Gasteiger partial charge in [-0.2, -0.15) is 0 Å². The summed E-state index contributed by atoms with van der Waals surface area (Å²) in [6.45, 7) is 22.7. The van der Waals surface area contributed by atoms with Crippen LogP contribution in [0.15, 0.2) is 84.9 Å². The fourth-order valence-corrected chi connectivity index (χ4v) is 14.0. The second-order valence-electron chi connectivity index (χ2n) is 25.5. The summed E-state index contributed by atoms with van der Waals surface area (Å²) < 4.78 is 14.2. The van der Waals surface area contributed by atoms with Gasteiger partial charge >= 0.3 is 0 Å². The molecule has 0 bridgehead atoms. The van der Waals surface area contributed by atoms with Crippen LogP contribution < -0.4 is 9.47 Å². The van der Waals surface area contributed by atoms with E-state index in [1.165, 1.54) is 20.9 Å². The summed E-state index contributed by atoms with van der Waals surface area (Å²) in [6.07, 6.45) is 11.1. The number of amides is 4. The Labute approximate surface area is 424 Å². The predicted molar refractivity (Wildman–Crippen MR) is 290 cm³/mol. The van der Waals surface area contributed by atoms with Gasteiger partial charge in [0.15, 0.2) is 0 Å². The van der Waals surface area contributed by atoms with Crippen molar-refractivity contribution >= 4 is 66.7 Å². The number of ether oxygens (including phenoxy) is 2. The highest BCUT2D eigenvalue weighted by Gasteiger charge is 2.43. The molecule has 0 unspecified atom stereocenters. The maximum atomic E-state index is 15.1. The fraction of sp³-hybridized carbons (Fsp3) is 0.438. The molecule has 4 amide bonds. The Kier molecular flexibility index (Phi) is 11.4. The first kappa shape index (κ1) is 48.0. The standard InChI is InChI=1S/C64H70N2O6/c1-61(2,3)35-63(7,8)37-21-25-41(26-22-37)71-49-33-47-51-45(57(67)65(59(47)69)39-17-13-11-14-18-39)32-30-44-54-50(72-42-27-23-38(24-28-42)64(9,10)36-62(4,5)6)34-48-52-46(31-29-43(56(52)54)53(49)55(44)51)58(68)66(60(48)70)40-19-15-12-16-20-40/h21-34,39-40H,11-20,35-36H2,1-10H3. The third-order valence-electron chi connectivity index (χ3n) is 16.4. The normalized spacial score (nSPS) is 17.6. The van der Waals surface area contributed by atoms with Crippen molar-refractivity contribution in [2.75, 3.05) is 0 Å². The van der Waals surface area contributed by atoms with Gasteiger partial charge in [-0.25, -0.2) is 0 Å². The van der Waals surface area contributed by atoms with Crippen LogP contribution in [0.25, 0.3) is 43.1 Å². The van der Waals surface area contributed by atoms with Crippen LogP contribution in [0.4, 0.5) is 0 Å². The molecule has 11 rings (SSSR count). The van der Waals surface area contributed by atoms with Crippen LogP contribution in [-0.4, -0.2) is 45.5 Å². The van der Waals surface area contributed by atoms with Crippen molar-refractivity contribution in [3.8, 4) is 23.0 Å². The topological polar surface area (TPSA) is 93.2 Å². The monoisotopic (exact) mass is 963 g/mol. The molecule has 8 heteroatoms. The number of fused-ring (bicyclic) bond motifs is 2. The summed E-state index contributed by atoms with van der Waals surface area (Å²) in [5.41, 5.74) is 4.28. The maximum Gasteiger partial charge on any atom is 0.261 e. The van der Waals surface area contributed by atoms with Gasteiger partial charge in [-0.3, -0.25) is 29.0 Å². The van der Waals surface area contributed by atoms with E-state index in [2.05, 4.69) is 93.5 Å². The molecule has 0 spiro atoms. The first-order valence-corrected chi connectivity index (χ1v) is 26.7. The smallest absolute Gasteiger partial charge is 0.261 e. The fourth-order valence-electron chi connectivity index (χ4n) is 14.0. The van der Waals surface area contributed by atoms with Crippen LogP contribution in [0.5, 0.6) is 23.0 Å². The highest BCUT2D eigenvalue weighted by molar-refractivity contribution is 6.43. The van der Waals surface area contributed by atoms with Crippen LogP contribution in [0.3, 0.4) is 0 Å². The molecule has 0 aromatic heterocycles. The summed E-state index contributed by atoms with van der Waals surface area (Å²) in [6, 6.07) is 27.5. The maximum absolute atomic E-state index is 15.1. The molecular weight excluding hydrogens is 893 g/mol. The summed E-state index contributed by atoms with van der Waals surface area (Å²) in [5, 5.41) is 5.49. The van der Waals surface area contributed by atoms with Gasteiger partial charge in [-0.05, 0) is 131 Å². The van der Waals surface area contributed by atoms with Crippen LogP contribution in [-0.2, 0) is 10.8 Å². The zero-order valence-corrected chi connectivity index (χ0v) is 44.1. The Morgan fingerprint density at radius 2 is 0.736 bits per heavy atom. The molecule has 4 aliphatic rings. The molecule has 0 atom stereocenters. The largest absolute Gasteiger partial charge is 0.457 e. The Hall–Kier alpha value is -6.28. The van der Waals surface area contributed by atoms with Gasteiger partial charge in [0.2, 0.25) is 0 Å². The van der Waals surface area contributed by atoms with Gasteiger partial charge in [0, 0.05) is 55.5 Å². The molecule has 0 N–H and O–H groups in total. The molecule has 8 nitrogen and oxygen atoms in total. The van der Waals surface area contributed by atoms with E-state index < -0.39 is 0 Å². The molecule has 2 heterocycles. The SMILES string of the molecule is CC(C)(C)CC(C)(C)c1ccc(Oc2cc3c4c(ccc5c6c(Oc7ccc(C(C)(C)CC(C)(C)C)cc7)cc7c8c(ccc(c2c45)c86)C(=O)N(C2CCCCC2)C7=O)C(=O)N(C2CCCCC2)C3=O)cc1. The lowest BCUT2D eigenvalue weighted by Gasteiger charge is -2.37. The Morgan fingerprint density at radius 3 is 1.07 bits per heavy atom. The summed E-state index contributed by atoms with van der Waals surface area (Å²) in [5.74, 6) is 0.956. The van der Waals surface area contributed by atoms with Gasteiger partial charge < -0.3 is 9.47 Å². The molecule has 2 aliphatic carbocycles. The second-order valence-corrected chi connectivity index (χ2v) is 25.5. The van der Waals surface area contributed by atoms with Crippen molar-refractivity contribution in [3.63, 3.8) is 0 Å². The van der Waals surface area contributed by atoms with E-state index in [9.17, 15) is 9.59 Å². The number of carbonyl (C=O) groups is 4. The predicted octanol–water partition coefficient (Wildman–Crippen LogP) is 16.6. The van der Waals surface area contributed by atoms with Crippen molar-refractivity contribution in [1.82, 2.24) is 9.80 Å². The Morgan fingerprint density at radius 1 is 0.403 bits per heavy atom. The number of imide groups is 2. The van der Waals surface area contributed by atoms with E-state index in [0.29, 0.717) is 77.6 Å². The van der Waals surface area contributed by atoms with E-state index in [1.54, 1.807) is 0 Å². The highest BCUT2D eigenvalue weighted by Crippen LogP contribution is 2.54. The van der Waals surface area contributed by atoms with Crippen LogP contribution in [0, 0.1) is 10.8 Å². The third-order valence-corrected chi connectivity index (χ3v) is 16.4. The van der Waals surface area contributed by atoms with E-state index >= 15 is 9.59 Å². The quantitative estimate of drug-likeness (QED) is 0.0770. The van der Waals surface area contributed by atoms with Crippen LogP contribution in [0.2, 0.25) is 0 Å². The molecule has 372 valence electrons. The van der Waals surface area contributed by atoms with E-state index in [1.807, 2.05) is 60.7 Å². The number of carbonyl (C=O) groups excluding carboxylic acids is 4. The van der Waals surface area contributed by atoms with Gasteiger partial charge in [0.25, 0.3) is 23.6 Å². The highest BCUT2D eigenvalue weighted by atomic mass is 16.5. The van der Waals surface area contributed by atoms with Gasteiger partial charge in [0.05, 0.1) is 11.1 Å². The van der Waals surface area contributed by atoms with E-state index in [0.717, 1.165) is 87.8 Å². The molecule has 0 saturated heterocycles. The molecule has 72 heavy (non-hydrogen) atoms. The van der Waals surface area contributed by atoms with Gasteiger partial charge in [-0.1, -0.05) is 144 Å². The first-order valence-electron chi connectivity index (χ1n) is 26.7. The average Bonchev–Trinajstić information content (AvgIpc) is 3.32. The lowest BCUT2D eigenvalue weighted by molar-refractivity contribution is 0.0487. The number of hydrogen-bond donors (Lipinski definition) is 0. The summed E-state index contributed by atoms with van der Waals surface area (Å²) in [4.78, 5) is 63.1. The minimum atomic E-state index is -0.312. The van der Waals surface area contributed by atoms with Crippen molar-refractivity contribution < 1.29 is 28.7 Å². The number of nitrogens with zero attached hydrogens (tertiary/aromatic N) is 2. The zero-order valence-electron chi connectivity index (χ0n) is 44.1. The minimum absolute atomic E-state index is 0.0887. The minimum Gasteiger partial charge on any atom is -0.457 e. The summed E-state index contributed by atoms with van der Waals surface area (Å²) in [7, 11) is 0. The Bertz CT molecular complexity index is 3130. The van der Waals surface area contributed by atoms with Crippen molar-refractivity contribution in [2.45, 2.75) is 169 Å². The van der Waals surface area contributed by atoms with Crippen LogP contribution >= 0.6 is 0 Å². The van der Waals surface area contributed by atoms with Crippen molar-refractivity contribution in [1.29, 1.82) is 0 Å². The molecule has 2 saturated carbocycles. The molecule has 7 aromatic rings. The van der Waals surface area contributed by atoms with Gasteiger partial charge in [0.1, 0.15) is 23.0 Å². The second kappa shape index (κ2) is 17.2. The first-order chi connectivity index (χ1) is 34.1. The van der Waals surface area contributed by atoms with Crippen molar-refractivity contribution in [2.24, 2.45) is 10.8 Å². The third kappa shape index (κ3) is 8.12. The molecule has 2 aliphatic heterocycles. The zero-order chi connectivity index (χ0) is 50.8. The Balaban J connectivity index is 1.17. The molecule has 7 aromatic carbocycles. The van der Waals surface area contributed by atoms with E-state index in [4.69, 9.17) is 9.47 Å².